The standard InChI is InChI=1S/C15H17F3N2/c1-10-9-11(5-2-3-8-19)14-12(15(16,17)18)6-4-7-13(14)20-10/h4,6-7,9H,2-3,5,8,19H2,1H3. The second-order valence-electron chi connectivity index (χ2n) is 4.87. The number of alkyl halides is 3. The Kier molecular flexibility index (Phi) is 4.28. The molecule has 0 saturated carbocycles. The van der Waals surface area contributed by atoms with Gasteiger partial charge in [-0.1, -0.05) is 6.07 Å². The topological polar surface area (TPSA) is 38.9 Å². The summed E-state index contributed by atoms with van der Waals surface area (Å²) >= 11 is 0. The van der Waals surface area contributed by atoms with Gasteiger partial charge in [-0.2, -0.15) is 13.2 Å². The summed E-state index contributed by atoms with van der Waals surface area (Å²) in [6.45, 7) is 2.35. The van der Waals surface area contributed by atoms with Crippen LogP contribution in [0.2, 0.25) is 0 Å². The maximum absolute atomic E-state index is 13.1. The number of hydrogen-bond donors (Lipinski definition) is 1. The van der Waals surface area contributed by atoms with Gasteiger partial charge in [0, 0.05) is 11.1 Å². The molecule has 20 heavy (non-hydrogen) atoms. The van der Waals surface area contributed by atoms with Crippen molar-refractivity contribution in [3.8, 4) is 0 Å². The van der Waals surface area contributed by atoms with Gasteiger partial charge in [-0.15, -0.1) is 0 Å². The van der Waals surface area contributed by atoms with Crippen molar-refractivity contribution >= 4 is 10.9 Å². The van der Waals surface area contributed by atoms with Gasteiger partial charge >= 0.3 is 6.18 Å². The molecule has 0 atom stereocenters. The predicted octanol–water partition coefficient (Wildman–Crippen LogP) is 3.84. The average molecular weight is 282 g/mol. The van der Waals surface area contributed by atoms with Crippen LogP contribution in [0.15, 0.2) is 24.3 Å². The van der Waals surface area contributed by atoms with Crippen molar-refractivity contribution in [3.63, 3.8) is 0 Å². The van der Waals surface area contributed by atoms with Gasteiger partial charge in [0.05, 0.1) is 11.1 Å². The van der Waals surface area contributed by atoms with Crippen molar-refractivity contribution < 1.29 is 13.2 Å². The minimum Gasteiger partial charge on any atom is -0.330 e. The molecule has 1 heterocycles. The van der Waals surface area contributed by atoms with Crippen molar-refractivity contribution in [2.24, 2.45) is 5.73 Å². The van der Waals surface area contributed by atoms with E-state index in [4.69, 9.17) is 5.73 Å². The molecule has 1 aromatic carbocycles. The fraction of sp³-hybridized carbons (Fsp3) is 0.400. The van der Waals surface area contributed by atoms with Crippen molar-refractivity contribution in [3.05, 3.63) is 41.1 Å². The Hall–Kier alpha value is -1.62. The molecule has 0 radical (unpaired) electrons. The molecule has 2 rings (SSSR count). The molecule has 0 aliphatic rings. The smallest absolute Gasteiger partial charge is 0.330 e. The molecule has 0 amide bonds. The summed E-state index contributed by atoms with van der Waals surface area (Å²) in [7, 11) is 0. The van der Waals surface area contributed by atoms with Crippen LogP contribution < -0.4 is 5.73 Å². The molecule has 2 nitrogen and oxygen atoms in total. The van der Waals surface area contributed by atoms with Gasteiger partial charge in [0.25, 0.3) is 0 Å². The fourth-order valence-electron chi connectivity index (χ4n) is 2.41. The highest BCUT2D eigenvalue weighted by atomic mass is 19.4. The van der Waals surface area contributed by atoms with Gasteiger partial charge in [-0.3, -0.25) is 4.98 Å². The Morgan fingerprint density at radius 1 is 1.20 bits per heavy atom. The van der Waals surface area contributed by atoms with Gasteiger partial charge in [-0.05, 0) is 56.5 Å². The molecule has 0 saturated heterocycles. The fourth-order valence-corrected chi connectivity index (χ4v) is 2.41. The SMILES string of the molecule is Cc1cc(CCCCN)c2c(C(F)(F)F)cccc2n1. The zero-order valence-corrected chi connectivity index (χ0v) is 11.3. The number of pyridine rings is 1. The number of nitrogens with zero attached hydrogens (tertiary/aromatic N) is 1. The van der Waals surface area contributed by atoms with Crippen LogP contribution in [0.5, 0.6) is 0 Å². The lowest BCUT2D eigenvalue weighted by atomic mass is 9.98. The lowest BCUT2D eigenvalue weighted by molar-refractivity contribution is -0.136. The van der Waals surface area contributed by atoms with E-state index in [1.54, 1.807) is 19.1 Å². The molecule has 0 aliphatic heterocycles. The van der Waals surface area contributed by atoms with Crippen LogP contribution in [0.3, 0.4) is 0 Å². The highest BCUT2D eigenvalue weighted by Gasteiger charge is 2.33. The maximum Gasteiger partial charge on any atom is 0.417 e. The van der Waals surface area contributed by atoms with Crippen LogP contribution in [0.1, 0.15) is 29.7 Å². The van der Waals surface area contributed by atoms with Crippen LogP contribution in [0, 0.1) is 6.92 Å². The molecule has 5 heteroatoms. The minimum atomic E-state index is -4.36. The number of halogens is 3. The third-order valence-electron chi connectivity index (χ3n) is 3.25. The van der Waals surface area contributed by atoms with Crippen LogP contribution in [0.4, 0.5) is 13.2 Å². The summed E-state index contributed by atoms with van der Waals surface area (Å²) in [6, 6.07) is 5.89. The predicted molar refractivity (Wildman–Crippen MR) is 73.5 cm³/mol. The minimum absolute atomic E-state index is 0.225. The van der Waals surface area contributed by atoms with Crippen molar-refractivity contribution in [1.82, 2.24) is 4.98 Å². The quantitative estimate of drug-likeness (QED) is 0.865. The molecule has 2 aromatic rings. The maximum atomic E-state index is 13.1. The first-order valence-electron chi connectivity index (χ1n) is 6.60. The largest absolute Gasteiger partial charge is 0.417 e. The Labute approximate surface area is 115 Å². The van der Waals surface area contributed by atoms with E-state index in [-0.39, 0.29) is 5.39 Å². The highest BCUT2D eigenvalue weighted by Crippen LogP contribution is 2.36. The molecular formula is C15H17F3N2. The number of aromatic nitrogens is 1. The first kappa shape index (κ1) is 14.8. The number of rotatable bonds is 4. The molecular weight excluding hydrogens is 265 g/mol. The third-order valence-corrected chi connectivity index (χ3v) is 3.25. The second-order valence-corrected chi connectivity index (χ2v) is 4.87. The number of benzene rings is 1. The van der Waals surface area contributed by atoms with E-state index in [0.717, 1.165) is 24.6 Å². The van der Waals surface area contributed by atoms with Crippen molar-refractivity contribution in [1.29, 1.82) is 0 Å². The van der Waals surface area contributed by atoms with Crippen LogP contribution in [-0.2, 0) is 12.6 Å². The van der Waals surface area contributed by atoms with Crippen LogP contribution in [-0.4, -0.2) is 11.5 Å². The van der Waals surface area contributed by atoms with E-state index in [1.165, 1.54) is 6.07 Å². The van der Waals surface area contributed by atoms with E-state index in [2.05, 4.69) is 4.98 Å². The van der Waals surface area contributed by atoms with E-state index >= 15 is 0 Å². The number of hydrogen-bond acceptors (Lipinski definition) is 2. The molecule has 0 bridgehead atoms. The molecule has 0 aliphatic carbocycles. The first-order valence-corrected chi connectivity index (χ1v) is 6.60. The Balaban J connectivity index is 2.59. The average Bonchev–Trinajstić information content (AvgIpc) is 2.36. The van der Waals surface area contributed by atoms with E-state index < -0.39 is 11.7 Å². The van der Waals surface area contributed by atoms with E-state index in [9.17, 15) is 13.2 Å². The van der Waals surface area contributed by atoms with Gasteiger partial charge in [-0.25, -0.2) is 0 Å². The lowest BCUT2D eigenvalue weighted by Crippen LogP contribution is -2.08. The van der Waals surface area contributed by atoms with Crippen LogP contribution in [0.25, 0.3) is 10.9 Å². The number of aryl methyl sites for hydroxylation is 2. The molecule has 0 spiro atoms. The van der Waals surface area contributed by atoms with Gasteiger partial charge in [0.1, 0.15) is 0 Å². The Bertz CT molecular complexity index is 606. The Morgan fingerprint density at radius 2 is 1.95 bits per heavy atom. The summed E-state index contributed by atoms with van der Waals surface area (Å²) in [4.78, 5) is 4.21. The van der Waals surface area contributed by atoms with Gasteiger partial charge in [0.2, 0.25) is 0 Å². The van der Waals surface area contributed by atoms with Crippen molar-refractivity contribution in [2.45, 2.75) is 32.4 Å². The van der Waals surface area contributed by atoms with Crippen LogP contribution >= 0.6 is 0 Å². The molecule has 2 N–H and O–H groups in total. The monoisotopic (exact) mass is 282 g/mol. The highest BCUT2D eigenvalue weighted by molar-refractivity contribution is 5.86. The summed E-state index contributed by atoms with van der Waals surface area (Å²) in [5.41, 5.74) is 6.68. The van der Waals surface area contributed by atoms with Gasteiger partial charge < -0.3 is 5.73 Å². The third kappa shape index (κ3) is 3.10. The summed E-state index contributed by atoms with van der Waals surface area (Å²) < 4.78 is 39.4. The van der Waals surface area contributed by atoms with E-state index in [1.807, 2.05) is 0 Å². The zero-order valence-electron chi connectivity index (χ0n) is 11.3. The summed E-state index contributed by atoms with van der Waals surface area (Å²) in [6.07, 6.45) is -2.19. The summed E-state index contributed by atoms with van der Waals surface area (Å²) in [5.74, 6) is 0. The lowest BCUT2D eigenvalue weighted by Gasteiger charge is -2.14. The van der Waals surface area contributed by atoms with E-state index in [0.29, 0.717) is 24.0 Å². The molecule has 0 fully saturated rings. The molecule has 0 unspecified atom stereocenters. The summed E-state index contributed by atoms with van der Waals surface area (Å²) in [5, 5.41) is 0.225. The number of unbranched alkanes of at least 4 members (excludes halogenated alkanes) is 1. The molecule has 108 valence electrons. The normalized spacial score (nSPS) is 12.1. The second kappa shape index (κ2) is 5.79. The number of nitrogens with two attached hydrogens (primary N) is 1. The first-order chi connectivity index (χ1) is 9.43. The van der Waals surface area contributed by atoms with Crippen molar-refractivity contribution in [2.75, 3.05) is 6.54 Å². The Morgan fingerprint density at radius 3 is 2.60 bits per heavy atom. The number of fused-ring (bicyclic) bond motifs is 1. The molecule has 1 aromatic heterocycles. The zero-order chi connectivity index (χ0) is 14.8. The van der Waals surface area contributed by atoms with Gasteiger partial charge in [0.15, 0.2) is 0 Å².